The summed E-state index contributed by atoms with van der Waals surface area (Å²) in [4.78, 5) is 3.82. The lowest BCUT2D eigenvalue weighted by molar-refractivity contribution is 0.188. The Kier molecular flexibility index (Phi) is 4.40. The summed E-state index contributed by atoms with van der Waals surface area (Å²) in [5, 5.41) is 15.0. The topological polar surface area (TPSA) is 46.8 Å². The maximum atomic E-state index is 4.47. The van der Waals surface area contributed by atoms with Gasteiger partial charge >= 0.3 is 0 Å². The van der Waals surface area contributed by atoms with E-state index in [0.29, 0.717) is 0 Å². The van der Waals surface area contributed by atoms with Gasteiger partial charge in [-0.25, -0.2) is 4.68 Å². The average molecular weight is 368 g/mol. The van der Waals surface area contributed by atoms with E-state index in [2.05, 4.69) is 83.8 Å². The van der Waals surface area contributed by atoms with E-state index in [0.717, 1.165) is 25.3 Å². The highest BCUT2D eigenvalue weighted by molar-refractivity contribution is 7.10. The van der Waals surface area contributed by atoms with Crippen LogP contribution in [0.3, 0.4) is 0 Å². The van der Waals surface area contributed by atoms with Crippen molar-refractivity contribution in [3.8, 4) is 0 Å². The third kappa shape index (κ3) is 3.19. The largest absolute Gasteiger partial charge is 0.284 e. The monoisotopic (exact) mass is 367 g/mol. The molecule has 1 aliphatic heterocycles. The second-order valence-electron chi connectivity index (χ2n) is 8.04. The Hall–Kier alpha value is -2.05. The summed E-state index contributed by atoms with van der Waals surface area (Å²) in [6, 6.07) is 11.1. The van der Waals surface area contributed by atoms with Gasteiger partial charge < -0.3 is 0 Å². The zero-order valence-corrected chi connectivity index (χ0v) is 16.6. The maximum Gasteiger partial charge on any atom is 0.174 e. The summed E-state index contributed by atoms with van der Waals surface area (Å²) in [7, 11) is 0. The molecule has 0 saturated carbocycles. The molecule has 1 unspecified atom stereocenters. The van der Waals surface area contributed by atoms with Crippen LogP contribution in [0.4, 0.5) is 0 Å². The van der Waals surface area contributed by atoms with Crippen LogP contribution in [0.5, 0.6) is 0 Å². The van der Waals surface area contributed by atoms with E-state index in [9.17, 15) is 0 Å². The second kappa shape index (κ2) is 6.59. The zero-order chi connectivity index (χ0) is 18.3. The predicted octanol–water partition coefficient (Wildman–Crippen LogP) is 3.95. The highest BCUT2D eigenvalue weighted by Crippen LogP contribution is 2.36. The highest BCUT2D eigenvalue weighted by atomic mass is 32.1. The fraction of sp³-hybridized carbons (Fsp3) is 0.450. The van der Waals surface area contributed by atoms with Crippen molar-refractivity contribution in [2.75, 3.05) is 6.54 Å². The molecular formula is C20H25N5S. The van der Waals surface area contributed by atoms with Crippen LogP contribution in [0.15, 0.2) is 35.7 Å². The van der Waals surface area contributed by atoms with Crippen LogP contribution in [0.25, 0.3) is 0 Å². The van der Waals surface area contributed by atoms with Gasteiger partial charge in [-0.05, 0) is 72.7 Å². The van der Waals surface area contributed by atoms with Crippen molar-refractivity contribution in [1.29, 1.82) is 0 Å². The normalized spacial score (nSPS) is 16.5. The molecule has 0 bridgehead atoms. The minimum Gasteiger partial charge on any atom is -0.284 e. The summed E-state index contributed by atoms with van der Waals surface area (Å²) in [6.45, 7) is 10.5. The predicted molar refractivity (Wildman–Crippen MR) is 104 cm³/mol. The van der Waals surface area contributed by atoms with Gasteiger partial charge in [0.2, 0.25) is 0 Å². The molecule has 0 radical (unpaired) electrons. The van der Waals surface area contributed by atoms with E-state index in [-0.39, 0.29) is 11.6 Å². The van der Waals surface area contributed by atoms with E-state index in [4.69, 9.17) is 0 Å². The Morgan fingerprint density at radius 3 is 2.62 bits per heavy atom. The Morgan fingerprint density at radius 1 is 1.15 bits per heavy atom. The van der Waals surface area contributed by atoms with Gasteiger partial charge in [0.05, 0.1) is 5.54 Å². The molecule has 0 amide bonds. The SMILES string of the molecule is Cc1csc(C(c2nnnn2C(C)(C)C)N2CCc3ccccc3C2)c1. The first kappa shape index (κ1) is 17.4. The van der Waals surface area contributed by atoms with E-state index in [1.807, 2.05) is 4.68 Å². The summed E-state index contributed by atoms with van der Waals surface area (Å²) in [5.41, 5.74) is 4.01. The smallest absolute Gasteiger partial charge is 0.174 e. The van der Waals surface area contributed by atoms with Gasteiger partial charge in [0.15, 0.2) is 5.82 Å². The average Bonchev–Trinajstić information content (AvgIpc) is 3.24. The third-order valence-electron chi connectivity index (χ3n) is 4.92. The first-order valence-electron chi connectivity index (χ1n) is 9.08. The molecule has 2 aromatic heterocycles. The van der Waals surface area contributed by atoms with E-state index in [1.165, 1.54) is 21.6 Å². The number of benzene rings is 1. The molecule has 0 aliphatic carbocycles. The van der Waals surface area contributed by atoms with Gasteiger partial charge in [0, 0.05) is 18.0 Å². The van der Waals surface area contributed by atoms with Crippen molar-refractivity contribution in [1.82, 2.24) is 25.1 Å². The number of aryl methyl sites for hydroxylation is 1. The summed E-state index contributed by atoms with van der Waals surface area (Å²) in [5.74, 6) is 0.929. The van der Waals surface area contributed by atoms with Crippen molar-refractivity contribution in [3.63, 3.8) is 0 Å². The lowest BCUT2D eigenvalue weighted by atomic mass is 9.97. The molecule has 0 spiro atoms. The molecule has 4 rings (SSSR count). The molecule has 6 heteroatoms. The van der Waals surface area contributed by atoms with Crippen molar-refractivity contribution in [3.05, 3.63) is 63.1 Å². The summed E-state index contributed by atoms with van der Waals surface area (Å²) in [6.07, 6.45) is 1.06. The molecule has 0 N–H and O–H groups in total. The maximum absolute atomic E-state index is 4.47. The summed E-state index contributed by atoms with van der Waals surface area (Å²) >= 11 is 1.80. The minimum absolute atomic E-state index is 0.0799. The number of aromatic nitrogens is 4. The molecule has 5 nitrogen and oxygen atoms in total. The van der Waals surface area contributed by atoms with Gasteiger partial charge in [-0.15, -0.1) is 16.4 Å². The molecule has 1 atom stereocenters. The van der Waals surface area contributed by atoms with E-state index in [1.54, 1.807) is 11.3 Å². The number of hydrogen-bond donors (Lipinski definition) is 0. The molecule has 0 saturated heterocycles. The Bertz CT molecular complexity index is 905. The van der Waals surface area contributed by atoms with Gasteiger partial charge in [0.1, 0.15) is 6.04 Å². The molecule has 26 heavy (non-hydrogen) atoms. The van der Waals surface area contributed by atoms with E-state index < -0.39 is 0 Å². The Balaban J connectivity index is 1.77. The number of nitrogens with zero attached hydrogens (tertiary/aromatic N) is 5. The van der Waals surface area contributed by atoms with Crippen molar-refractivity contribution < 1.29 is 0 Å². The van der Waals surface area contributed by atoms with Crippen LogP contribution in [-0.4, -0.2) is 31.7 Å². The number of tetrazole rings is 1. The summed E-state index contributed by atoms with van der Waals surface area (Å²) < 4.78 is 1.98. The van der Waals surface area contributed by atoms with Crippen LogP contribution in [0, 0.1) is 6.92 Å². The molecule has 3 aromatic rings. The van der Waals surface area contributed by atoms with Crippen LogP contribution < -0.4 is 0 Å². The molecule has 0 fully saturated rings. The van der Waals surface area contributed by atoms with Crippen LogP contribution in [0.1, 0.15) is 54.2 Å². The quantitative estimate of drug-likeness (QED) is 0.703. The first-order valence-corrected chi connectivity index (χ1v) is 9.96. The Morgan fingerprint density at radius 2 is 1.92 bits per heavy atom. The van der Waals surface area contributed by atoms with Gasteiger partial charge in [0.25, 0.3) is 0 Å². The van der Waals surface area contributed by atoms with Crippen LogP contribution in [0.2, 0.25) is 0 Å². The zero-order valence-electron chi connectivity index (χ0n) is 15.8. The van der Waals surface area contributed by atoms with E-state index >= 15 is 0 Å². The molecule has 1 aliphatic rings. The van der Waals surface area contributed by atoms with Gasteiger partial charge in [-0.1, -0.05) is 24.3 Å². The molecule has 1 aromatic carbocycles. The van der Waals surface area contributed by atoms with Crippen LogP contribution >= 0.6 is 11.3 Å². The molecular weight excluding hydrogens is 342 g/mol. The molecule has 3 heterocycles. The number of thiophene rings is 1. The third-order valence-corrected chi connectivity index (χ3v) is 6.02. The Labute approximate surface area is 158 Å². The van der Waals surface area contributed by atoms with Crippen molar-refractivity contribution in [2.45, 2.75) is 52.2 Å². The molecule has 136 valence electrons. The second-order valence-corrected chi connectivity index (χ2v) is 8.98. The van der Waals surface area contributed by atoms with Gasteiger partial charge in [-0.2, -0.15) is 0 Å². The first-order chi connectivity index (χ1) is 12.4. The minimum atomic E-state index is -0.156. The lowest BCUT2D eigenvalue weighted by Gasteiger charge is -2.35. The fourth-order valence-electron chi connectivity index (χ4n) is 3.65. The number of rotatable bonds is 3. The number of fused-ring (bicyclic) bond motifs is 1. The standard InChI is InChI=1S/C20H25N5S/c1-14-11-17(26-13-14)18(19-21-22-23-25(19)20(2,3)4)24-10-9-15-7-5-6-8-16(15)12-24/h5-8,11,13,18H,9-10,12H2,1-4H3. The van der Waals surface area contributed by atoms with Crippen molar-refractivity contribution in [2.24, 2.45) is 0 Å². The fourth-order valence-corrected chi connectivity index (χ4v) is 4.67. The number of hydrogen-bond acceptors (Lipinski definition) is 5. The highest BCUT2D eigenvalue weighted by Gasteiger charge is 2.33. The van der Waals surface area contributed by atoms with Crippen LogP contribution in [-0.2, 0) is 18.5 Å². The van der Waals surface area contributed by atoms with Gasteiger partial charge in [-0.3, -0.25) is 4.90 Å². The van der Waals surface area contributed by atoms with Crippen molar-refractivity contribution >= 4 is 11.3 Å². The lowest BCUT2D eigenvalue weighted by Crippen LogP contribution is -2.37.